The normalized spacial score (nSPS) is 12.4. The van der Waals surface area contributed by atoms with Gasteiger partial charge in [0.1, 0.15) is 11.6 Å². The number of nitrogens with one attached hydrogen (secondary N) is 2. The molecular formula is C25H25FN6O2S2. The molecule has 0 spiro atoms. The molecule has 0 aliphatic heterocycles. The molecule has 8 nitrogen and oxygen atoms in total. The van der Waals surface area contributed by atoms with Crippen LogP contribution in [0.5, 0.6) is 0 Å². The van der Waals surface area contributed by atoms with Gasteiger partial charge in [0.15, 0.2) is 4.96 Å². The fourth-order valence-corrected chi connectivity index (χ4v) is 5.20. The predicted octanol–water partition coefficient (Wildman–Crippen LogP) is 4.00. The Morgan fingerprint density at radius 3 is 2.67 bits per heavy atom. The summed E-state index contributed by atoms with van der Waals surface area (Å²) in [6, 6.07) is 14.5. The molecule has 4 N–H and O–H groups in total. The molecule has 0 fully saturated rings. The minimum absolute atomic E-state index is 0.0172. The van der Waals surface area contributed by atoms with Gasteiger partial charge < -0.3 is 11.1 Å². The number of thiazole rings is 1. The zero-order valence-electron chi connectivity index (χ0n) is 19.3. The summed E-state index contributed by atoms with van der Waals surface area (Å²) in [5.74, 6) is -0.0759. The summed E-state index contributed by atoms with van der Waals surface area (Å²) in [5, 5.41) is 4.98. The largest absolute Gasteiger partial charge is 0.397 e. The van der Waals surface area contributed by atoms with Crippen molar-refractivity contribution in [2.24, 2.45) is 10.7 Å². The standard InChI is InChI=1S/C25H25FN6O2S2/c1-18(28-13-5-14-30-36(33,34)21-10-8-20(26)9-11-21)29-15-12-22(27)24-23(19-6-3-2-4-7-19)31-25-32(24)16-17-35-25/h2-4,6-12,15-17,28,30H,1,5,13-14,27H2/b22-12-,29-15?. The van der Waals surface area contributed by atoms with E-state index in [1.54, 1.807) is 12.3 Å². The molecule has 0 amide bonds. The highest BCUT2D eigenvalue weighted by Crippen LogP contribution is 2.29. The average Bonchev–Trinajstić information content (AvgIpc) is 3.46. The van der Waals surface area contributed by atoms with Crippen LogP contribution in [0.25, 0.3) is 21.9 Å². The first kappa shape index (κ1) is 25.3. The van der Waals surface area contributed by atoms with Crippen molar-refractivity contribution in [1.29, 1.82) is 0 Å². The van der Waals surface area contributed by atoms with E-state index >= 15 is 0 Å². The molecule has 2 heterocycles. The van der Waals surface area contributed by atoms with E-state index in [1.807, 2.05) is 46.3 Å². The number of allylic oxidation sites excluding steroid dienone is 1. The van der Waals surface area contributed by atoms with E-state index in [0.717, 1.165) is 34.0 Å². The number of aliphatic imine (C=N–C) groups is 1. The smallest absolute Gasteiger partial charge is 0.240 e. The van der Waals surface area contributed by atoms with Crippen molar-refractivity contribution in [3.05, 3.63) is 96.2 Å². The van der Waals surface area contributed by atoms with E-state index in [9.17, 15) is 12.8 Å². The van der Waals surface area contributed by atoms with Gasteiger partial charge in [-0.05, 0) is 36.8 Å². The SMILES string of the molecule is C=C(N=C/C=C(\N)c1c(-c2ccccc2)nc2sccn12)NCCCNS(=O)(=O)c1ccc(F)cc1. The molecule has 0 unspecified atom stereocenters. The lowest BCUT2D eigenvalue weighted by atomic mass is 10.1. The van der Waals surface area contributed by atoms with Crippen molar-refractivity contribution in [2.75, 3.05) is 13.1 Å². The van der Waals surface area contributed by atoms with E-state index in [1.165, 1.54) is 23.5 Å². The molecule has 4 aromatic rings. The summed E-state index contributed by atoms with van der Waals surface area (Å²) in [5.41, 5.74) is 9.46. The number of hydrogen-bond acceptors (Lipinski definition) is 7. The lowest BCUT2D eigenvalue weighted by molar-refractivity contribution is 0.576. The minimum atomic E-state index is -3.68. The van der Waals surface area contributed by atoms with Crippen LogP contribution in [0.4, 0.5) is 4.39 Å². The van der Waals surface area contributed by atoms with Crippen LogP contribution in [0.1, 0.15) is 12.1 Å². The van der Waals surface area contributed by atoms with Gasteiger partial charge in [-0.2, -0.15) is 0 Å². The van der Waals surface area contributed by atoms with Crippen molar-refractivity contribution >= 4 is 38.2 Å². The van der Waals surface area contributed by atoms with Gasteiger partial charge in [-0.3, -0.25) is 4.40 Å². The number of hydrogen-bond donors (Lipinski definition) is 3. The highest BCUT2D eigenvalue weighted by atomic mass is 32.2. The maximum Gasteiger partial charge on any atom is 0.240 e. The lowest BCUT2D eigenvalue weighted by Gasteiger charge is -2.08. The van der Waals surface area contributed by atoms with Gasteiger partial charge in [-0.25, -0.2) is 27.5 Å². The van der Waals surface area contributed by atoms with E-state index in [-0.39, 0.29) is 11.4 Å². The molecular weight excluding hydrogens is 499 g/mol. The number of nitrogens with zero attached hydrogens (tertiary/aromatic N) is 3. The summed E-state index contributed by atoms with van der Waals surface area (Å²) in [7, 11) is -3.68. The zero-order chi connectivity index (χ0) is 25.5. The molecule has 11 heteroatoms. The quantitative estimate of drug-likeness (QED) is 0.203. The number of aromatic nitrogens is 2. The Labute approximate surface area is 212 Å². The maximum atomic E-state index is 13.0. The third kappa shape index (κ3) is 6.06. The summed E-state index contributed by atoms with van der Waals surface area (Å²) < 4.78 is 41.8. The van der Waals surface area contributed by atoms with E-state index in [2.05, 4.69) is 21.6 Å². The number of imidazole rings is 1. The van der Waals surface area contributed by atoms with Crippen LogP contribution in [0.3, 0.4) is 0 Å². The molecule has 0 atom stereocenters. The fraction of sp³-hybridized carbons (Fsp3) is 0.120. The van der Waals surface area contributed by atoms with Crippen molar-refractivity contribution in [3.63, 3.8) is 0 Å². The van der Waals surface area contributed by atoms with Crippen molar-refractivity contribution in [2.45, 2.75) is 11.3 Å². The molecule has 186 valence electrons. The first-order chi connectivity index (χ1) is 17.3. The molecule has 36 heavy (non-hydrogen) atoms. The van der Waals surface area contributed by atoms with Gasteiger partial charge >= 0.3 is 0 Å². The Morgan fingerprint density at radius 1 is 1.17 bits per heavy atom. The van der Waals surface area contributed by atoms with Gasteiger partial charge in [-0.1, -0.05) is 36.9 Å². The number of nitrogens with two attached hydrogens (primary N) is 1. The second kappa shape index (κ2) is 11.3. The molecule has 0 saturated carbocycles. The maximum absolute atomic E-state index is 13.0. The molecule has 0 aliphatic carbocycles. The zero-order valence-corrected chi connectivity index (χ0v) is 20.9. The van der Waals surface area contributed by atoms with E-state index < -0.39 is 15.8 Å². The summed E-state index contributed by atoms with van der Waals surface area (Å²) in [6.07, 6.45) is 5.68. The fourth-order valence-electron chi connectivity index (χ4n) is 3.42. The monoisotopic (exact) mass is 524 g/mol. The van der Waals surface area contributed by atoms with Crippen molar-refractivity contribution in [3.8, 4) is 11.3 Å². The molecule has 2 aromatic heterocycles. The Bertz CT molecular complexity index is 1510. The van der Waals surface area contributed by atoms with E-state index in [4.69, 9.17) is 10.7 Å². The predicted molar refractivity (Wildman–Crippen MR) is 143 cm³/mol. The third-order valence-corrected chi connectivity index (χ3v) is 7.40. The highest BCUT2D eigenvalue weighted by Gasteiger charge is 2.16. The lowest BCUT2D eigenvalue weighted by Crippen LogP contribution is -2.27. The number of fused-ring (bicyclic) bond motifs is 1. The summed E-state index contributed by atoms with van der Waals surface area (Å²) in [6.45, 7) is 4.52. The minimum Gasteiger partial charge on any atom is -0.397 e. The van der Waals surface area contributed by atoms with Crippen molar-refractivity contribution in [1.82, 2.24) is 19.4 Å². The van der Waals surface area contributed by atoms with Crippen LogP contribution in [0.15, 0.2) is 94.5 Å². The van der Waals surface area contributed by atoms with Crippen LogP contribution < -0.4 is 15.8 Å². The molecule has 0 radical (unpaired) electrons. The Morgan fingerprint density at radius 2 is 1.92 bits per heavy atom. The van der Waals surface area contributed by atoms with Crippen LogP contribution in [-0.2, 0) is 10.0 Å². The number of halogens is 1. The highest BCUT2D eigenvalue weighted by molar-refractivity contribution is 7.89. The molecule has 0 saturated heterocycles. The van der Waals surface area contributed by atoms with Gasteiger partial charge in [0.05, 0.1) is 22.0 Å². The first-order valence-electron chi connectivity index (χ1n) is 11.0. The topological polar surface area (TPSA) is 114 Å². The van der Waals surface area contributed by atoms with Gasteiger partial charge in [0, 0.05) is 36.4 Å². The van der Waals surface area contributed by atoms with Gasteiger partial charge in [0.2, 0.25) is 10.0 Å². The third-order valence-electron chi connectivity index (χ3n) is 5.17. The van der Waals surface area contributed by atoms with Crippen LogP contribution in [0.2, 0.25) is 0 Å². The number of benzene rings is 2. The number of rotatable bonds is 11. The van der Waals surface area contributed by atoms with Crippen LogP contribution in [-0.4, -0.2) is 37.1 Å². The molecule has 0 aliphatic rings. The molecule has 0 bridgehead atoms. The Balaban J connectivity index is 1.31. The van der Waals surface area contributed by atoms with Gasteiger partial charge in [-0.15, -0.1) is 11.3 Å². The summed E-state index contributed by atoms with van der Waals surface area (Å²) >= 11 is 1.53. The van der Waals surface area contributed by atoms with Crippen molar-refractivity contribution < 1.29 is 12.8 Å². The first-order valence-corrected chi connectivity index (χ1v) is 13.4. The second-order valence-corrected chi connectivity index (χ2v) is 10.3. The average molecular weight is 525 g/mol. The van der Waals surface area contributed by atoms with Gasteiger partial charge in [0.25, 0.3) is 0 Å². The van der Waals surface area contributed by atoms with E-state index in [0.29, 0.717) is 24.5 Å². The van der Waals surface area contributed by atoms with Crippen LogP contribution >= 0.6 is 11.3 Å². The Hall–Kier alpha value is -3.80. The Kier molecular flexibility index (Phi) is 7.93. The van der Waals surface area contributed by atoms with Crippen LogP contribution in [0, 0.1) is 5.82 Å². The molecule has 4 rings (SSSR count). The second-order valence-electron chi connectivity index (χ2n) is 7.71. The molecule has 2 aromatic carbocycles. The summed E-state index contributed by atoms with van der Waals surface area (Å²) in [4.78, 5) is 9.85. The number of sulfonamides is 1.